The van der Waals surface area contributed by atoms with Crippen molar-refractivity contribution in [2.75, 3.05) is 31.1 Å². The van der Waals surface area contributed by atoms with E-state index in [0.717, 1.165) is 47.6 Å². The quantitative estimate of drug-likeness (QED) is 0.820. The van der Waals surface area contributed by atoms with Gasteiger partial charge in [0.05, 0.1) is 0 Å². The number of halogens is 2. The number of aryl methyl sites for hydroxylation is 1. The molecule has 0 saturated carbocycles. The molecule has 1 unspecified atom stereocenters. The first-order valence-electron chi connectivity index (χ1n) is 8.11. The first-order chi connectivity index (χ1) is 12.0. The monoisotopic (exact) mass is 422 g/mol. The molecule has 2 heterocycles. The summed E-state index contributed by atoms with van der Waals surface area (Å²) < 4.78 is 0.976. The minimum absolute atomic E-state index is 0.339. The number of carbonyl (C=O) groups is 1. The number of piperazine rings is 1. The van der Waals surface area contributed by atoms with Gasteiger partial charge in [-0.05, 0) is 52.2 Å². The molecule has 0 spiro atoms. The van der Waals surface area contributed by atoms with Crippen LogP contribution >= 0.6 is 27.5 Å². The number of anilines is 1. The van der Waals surface area contributed by atoms with Crippen LogP contribution in [0.4, 0.5) is 5.82 Å². The van der Waals surface area contributed by atoms with Crippen molar-refractivity contribution in [2.24, 2.45) is 5.73 Å². The van der Waals surface area contributed by atoms with E-state index in [2.05, 4.69) is 43.7 Å². The van der Waals surface area contributed by atoms with Gasteiger partial charge in [0.2, 0.25) is 5.91 Å². The van der Waals surface area contributed by atoms with Crippen molar-refractivity contribution in [3.05, 3.63) is 57.2 Å². The molecule has 2 aromatic rings. The minimum Gasteiger partial charge on any atom is -0.368 e. The molecule has 0 radical (unpaired) electrons. The van der Waals surface area contributed by atoms with Gasteiger partial charge in [-0.1, -0.05) is 23.7 Å². The summed E-state index contributed by atoms with van der Waals surface area (Å²) in [6, 6.07) is 8.94. The Labute approximate surface area is 160 Å². The number of nitrogens with zero attached hydrogens (tertiary/aromatic N) is 3. The fraction of sp³-hybridized carbons (Fsp3) is 0.333. The Morgan fingerprint density at radius 3 is 2.44 bits per heavy atom. The van der Waals surface area contributed by atoms with Gasteiger partial charge in [-0.15, -0.1) is 0 Å². The summed E-state index contributed by atoms with van der Waals surface area (Å²) in [5, 5.41) is 0.647. The lowest BCUT2D eigenvalue weighted by atomic mass is 10.0. The standard InChI is InChI=1S/C18H20BrClN4O/c1-12-10-14(19)11-22-18(12)24-8-6-23(7-9-24)16(17(21)25)13-2-4-15(20)5-3-13/h2-5,10-11,16H,6-9H2,1H3,(H2,21,25). The molecule has 0 aliphatic carbocycles. The van der Waals surface area contributed by atoms with Crippen molar-refractivity contribution in [2.45, 2.75) is 13.0 Å². The Morgan fingerprint density at radius 2 is 1.88 bits per heavy atom. The Hall–Kier alpha value is -1.63. The van der Waals surface area contributed by atoms with Crippen LogP contribution in [0.1, 0.15) is 17.2 Å². The summed E-state index contributed by atoms with van der Waals surface area (Å²) in [7, 11) is 0. The largest absolute Gasteiger partial charge is 0.368 e. The number of pyridine rings is 1. The first-order valence-corrected chi connectivity index (χ1v) is 9.28. The summed E-state index contributed by atoms with van der Waals surface area (Å²) in [6.45, 7) is 5.14. The number of amides is 1. The van der Waals surface area contributed by atoms with Crippen LogP contribution in [0.15, 0.2) is 41.0 Å². The molecule has 132 valence electrons. The Morgan fingerprint density at radius 1 is 1.24 bits per heavy atom. The van der Waals surface area contributed by atoms with E-state index in [1.54, 1.807) is 12.1 Å². The topological polar surface area (TPSA) is 62.5 Å². The van der Waals surface area contributed by atoms with Crippen molar-refractivity contribution >= 4 is 39.3 Å². The van der Waals surface area contributed by atoms with E-state index in [4.69, 9.17) is 17.3 Å². The summed E-state index contributed by atoms with van der Waals surface area (Å²) in [4.78, 5) is 20.9. The van der Waals surface area contributed by atoms with Crippen molar-refractivity contribution in [1.82, 2.24) is 9.88 Å². The zero-order chi connectivity index (χ0) is 18.0. The molecular formula is C18H20BrClN4O. The van der Waals surface area contributed by atoms with Crippen LogP contribution in [-0.4, -0.2) is 42.0 Å². The second-order valence-corrected chi connectivity index (χ2v) is 7.53. The number of carbonyl (C=O) groups excluding carboxylic acids is 1. The molecule has 7 heteroatoms. The number of aromatic nitrogens is 1. The average molecular weight is 424 g/mol. The van der Waals surface area contributed by atoms with Gasteiger partial charge in [0.25, 0.3) is 0 Å². The molecule has 1 aliphatic heterocycles. The van der Waals surface area contributed by atoms with E-state index in [1.807, 2.05) is 18.3 Å². The average Bonchev–Trinajstić information content (AvgIpc) is 2.57. The van der Waals surface area contributed by atoms with E-state index in [9.17, 15) is 4.79 Å². The highest BCUT2D eigenvalue weighted by Crippen LogP contribution is 2.26. The van der Waals surface area contributed by atoms with Crippen LogP contribution in [0.3, 0.4) is 0 Å². The molecule has 1 atom stereocenters. The maximum absolute atomic E-state index is 12.0. The lowest BCUT2D eigenvalue weighted by molar-refractivity contribution is -0.123. The molecule has 3 rings (SSSR count). The van der Waals surface area contributed by atoms with E-state index >= 15 is 0 Å². The highest BCUT2D eigenvalue weighted by molar-refractivity contribution is 9.10. The fourth-order valence-electron chi connectivity index (χ4n) is 3.26. The van der Waals surface area contributed by atoms with Gasteiger partial charge in [0.15, 0.2) is 0 Å². The third kappa shape index (κ3) is 4.14. The fourth-order valence-corrected chi connectivity index (χ4v) is 3.83. The maximum atomic E-state index is 12.0. The van der Waals surface area contributed by atoms with E-state index in [1.165, 1.54) is 0 Å². The van der Waals surface area contributed by atoms with Gasteiger partial charge in [-0.3, -0.25) is 9.69 Å². The summed E-state index contributed by atoms with van der Waals surface area (Å²) in [5.74, 6) is 0.652. The van der Waals surface area contributed by atoms with Crippen LogP contribution in [-0.2, 0) is 4.79 Å². The highest BCUT2D eigenvalue weighted by atomic mass is 79.9. The van der Waals surface area contributed by atoms with Crippen molar-refractivity contribution < 1.29 is 4.79 Å². The molecule has 2 N–H and O–H groups in total. The lowest BCUT2D eigenvalue weighted by Gasteiger charge is -2.39. The molecule has 0 bridgehead atoms. The van der Waals surface area contributed by atoms with Gasteiger partial charge in [-0.2, -0.15) is 0 Å². The smallest absolute Gasteiger partial charge is 0.239 e. The molecule has 25 heavy (non-hydrogen) atoms. The number of hydrogen-bond donors (Lipinski definition) is 1. The Balaban J connectivity index is 1.73. The maximum Gasteiger partial charge on any atom is 0.239 e. The molecule has 1 fully saturated rings. The van der Waals surface area contributed by atoms with Crippen LogP contribution < -0.4 is 10.6 Å². The predicted octanol–water partition coefficient (Wildman–Crippen LogP) is 3.15. The molecule has 5 nitrogen and oxygen atoms in total. The second-order valence-electron chi connectivity index (χ2n) is 6.17. The molecule has 1 amide bonds. The number of rotatable bonds is 4. The zero-order valence-electron chi connectivity index (χ0n) is 14.0. The molecule has 1 aromatic heterocycles. The second kappa shape index (κ2) is 7.72. The SMILES string of the molecule is Cc1cc(Br)cnc1N1CCN(C(C(N)=O)c2ccc(Cl)cc2)CC1. The highest BCUT2D eigenvalue weighted by Gasteiger charge is 2.29. The van der Waals surface area contributed by atoms with Crippen LogP contribution in [0, 0.1) is 6.92 Å². The van der Waals surface area contributed by atoms with Gasteiger partial charge in [-0.25, -0.2) is 4.98 Å². The van der Waals surface area contributed by atoms with Crippen molar-refractivity contribution in [3.8, 4) is 0 Å². The third-order valence-corrected chi connectivity index (χ3v) is 5.14. The van der Waals surface area contributed by atoms with Gasteiger partial charge in [0.1, 0.15) is 11.9 Å². The number of nitrogens with two attached hydrogens (primary N) is 1. The lowest BCUT2D eigenvalue weighted by Crippen LogP contribution is -2.50. The summed E-state index contributed by atoms with van der Waals surface area (Å²) in [6.07, 6.45) is 1.81. The van der Waals surface area contributed by atoms with Crippen LogP contribution in [0.2, 0.25) is 5.02 Å². The predicted molar refractivity (Wildman–Crippen MR) is 104 cm³/mol. The van der Waals surface area contributed by atoms with E-state index in [-0.39, 0.29) is 5.91 Å². The number of primary amides is 1. The van der Waals surface area contributed by atoms with Gasteiger partial charge in [0, 0.05) is 41.9 Å². The molecule has 1 aromatic carbocycles. The van der Waals surface area contributed by atoms with Crippen LogP contribution in [0.5, 0.6) is 0 Å². The van der Waals surface area contributed by atoms with Gasteiger partial charge < -0.3 is 10.6 Å². The molecular weight excluding hydrogens is 404 g/mol. The number of hydrogen-bond acceptors (Lipinski definition) is 4. The van der Waals surface area contributed by atoms with Crippen LogP contribution in [0.25, 0.3) is 0 Å². The van der Waals surface area contributed by atoms with E-state index < -0.39 is 6.04 Å². The summed E-state index contributed by atoms with van der Waals surface area (Å²) >= 11 is 9.39. The molecule has 1 saturated heterocycles. The van der Waals surface area contributed by atoms with Crippen molar-refractivity contribution in [3.63, 3.8) is 0 Å². The zero-order valence-corrected chi connectivity index (χ0v) is 16.3. The van der Waals surface area contributed by atoms with E-state index in [0.29, 0.717) is 5.02 Å². The Bertz CT molecular complexity index is 760. The first kappa shape index (κ1) is 18.2. The van der Waals surface area contributed by atoms with Gasteiger partial charge >= 0.3 is 0 Å². The Kier molecular flexibility index (Phi) is 5.61. The normalized spacial score (nSPS) is 16.7. The summed E-state index contributed by atoms with van der Waals surface area (Å²) in [5.41, 5.74) is 7.69. The van der Waals surface area contributed by atoms with Crippen molar-refractivity contribution in [1.29, 1.82) is 0 Å². The number of benzene rings is 1. The molecule has 1 aliphatic rings. The third-order valence-electron chi connectivity index (χ3n) is 4.45. The minimum atomic E-state index is -0.432.